The van der Waals surface area contributed by atoms with Crippen molar-refractivity contribution in [3.8, 4) is 0 Å². The van der Waals surface area contributed by atoms with Crippen LogP contribution in [-0.2, 0) is 6.61 Å². The Kier molecular flexibility index (Phi) is 4.71. The minimum absolute atomic E-state index is 0.101. The van der Waals surface area contributed by atoms with Crippen LogP contribution in [0.2, 0.25) is 0 Å². The molecule has 0 amide bonds. The predicted octanol–water partition coefficient (Wildman–Crippen LogP) is -0.0444. The molecule has 0 bridgehead atoms. The third-order valence-electron chi connectivity index (χ3n) is 2.26. The van der Waals surface area contributed by atoms with Gasteiger partial charge in [-0.2, -0.15) is 0 Å². The lowest BCUT2D eigenvalue weighted by atomic mass is 10.0. The fraction of sp³-hybridized carbons (Fsp3) is 0.455. The fourth-order valence-corrected chi connectivity index (χ4v) is 1.39. The van der Waals surface area contributed by atoms with Crippen LogP contribution >= 0.6 is 0 Å². The lowest BCUT2D eigenvalue weighted by Crippen LogP contribution is -2.19. The molecular formula is C11H16O4. The van der Waals surface area contributed by atoms with Gasteiger partial charge in [0.2, 0.25) is 0 Å². The summed E-state index contributed by atoms with van der Waals surface area (Å²) in [5, 5.41) is 36.7. The number of hydrogen-bond donors (Lipinski definition) is 4. The van der Waals surface area contributed by atoms with Gasteiger partial charge in [0.15, 0.2) is 0 Å². The molecule has 84 valence electrons. The first kappa shape index (κ1) is 12.1. The van der Waals surface area contributed by atoms with E-state index < -0.39 is 12.2 Å². The van der Waals surface area contributed by atoms with E-state index >= 15 is 0 Å². The Morgan fingerprint density at radius 2 is 1.87 bits per heavy atom. The summed E-state index contributed by atoms with van der Waals surface area (Å²) in [5.41, 5.74) is 1.23. The molecule has 4 N–H and O–H groups in total. The van der Waals surface area contributed by atoms with E-state index in [1.807, 2.05) is 0 Å². The molecular weight excluding hydrogens is 196 g/mol. The minimum Gasteiger partial charge on any atom is -0.396 e. The molecule has 0 spiro atoms. The molecule has 0 heterocycles. The van der Waals surface area contributed by atoms with E-state index in [0.29, 0.717) is 11.1 Å². The van der Waals surface area contributed by atoms with Gasteiger partial charge in [-0.25, -0.2) is 0 Å². The maximum atomic E-state index is 9.70. The molecule has 0 aliphatic carbocycles. The van der Waals surface area contributed by atoms with E-state index in [2.05, 4.69) is 0 Å². The smallest absolute Gasteiger partial charge is 0.105 e. The van der Waals surface area contributed by atoms with E-state index in [4.69, 9.17) is 10.2 Å². The Balaban J connectivity index is 2.76. The third kappa shape index (κ3) is 3.28. The highest BCUT2D eigenvalue weighted by molar-refractivity contribution is 5.25. The molecule has 0 aliphatic rings. The molecule has 1 aromatic carbocycles. The first-order chi connectivity index (χ1) is 7.19. The van der Waals surface area contributed by atoms with Crippen molar-refractivity contribution < 1.29 is 20.4 Å². The molecule has 0 saturated carbocycles. The van der Waals surface area contributed by atoms with Crippen LogP contribution in [0.1, 0.15) is 23.7 Å². The van der Waals surface area contributed by atoms with Crippen LogP contribution in [0, 0.1) is 0 Å². The number of aliphatic hydroxyl groups is 4. The maximum Gasteiger partial charge on any atom is 0.105 e. The molecule has 1 rings (SSSR count). The first-order valence-electron chi connectivity index (χ1n) is 4.85. The summed E-state index contributed by atoms with van der Waals surface area (Å²) < 4.78 is 0. The van der Waals surface area contributed by atoms with E-state index in [0.717, 1.165) is 0 Å². The van der Waals surface area contributed by atoms with Gasteiger partial charge in [0, 0.05) is 6.61 Å². The summed E-state index contributed by atoms with van der Waals surface area (Å²) in [6, 6.07) is 6.74. The van der Waals surface area contributed by atoms with Gasteiger partial charge in [-0.3, -0.25) is 0 Å². The van der Waals surface area contributed by atoms with E-state index in [1.54, 1.807) is 24.3 Å². The van der Waals surface area contributed by atoms with Gasteiger partial charge in [-0.05, 0) is 17.5 Å². The standard InChI is InChI=1S/C11H16O4/c12-5-4-10(14)11(15)9-3-1-2-8(6-9)7-13/h1-3,6,10-15H,4-5,7H2. The zero-order valence-electron chi connectivity index (χ0n) is 8.37. The summed E-state index contributed by atoms with van der Waals surface area (Å²) in [6.07, 6.45) is -1.88. The van der Waals surface area contributed by atoms with Gasteiger partial charge in [0.25, 0.3) is 0 Å². The highest BCUT2D eigenvalue weighted by Gasteiger charge is 2.17. The largest absolute Gasteiger partial charge is 0.396 e. The zero-order valence-corrected chi connectivity index (χ0v) is 8.37. The van der Waals surface area contributed by atoms with Gasteiger partial charge in [-0.15, -0.1) is 0 Å². The first-order valence-corrected chi connectivity index (χ1v) is 4.85. The van der Waals surface area contributed by atoms with Crippen LogP contribution in [0.4, 0.5) is 0 Å². The van der Waals surface area contributed by atoms with Crippen molar-refractivity contribution in [2.24, 2.45) is 0 Å². The Morgan fingerprint density at radius 3 is 2.47 bits per heavy atom. The van der Waals surface area contributed by atoms with Crippen molar-refractivity contribution in [1.29, 1.82) is 0 Å². The molecule has 1 aromatic rings. The molecule has 0 fully saturated rings. The summed E-state index contributed by atoms with van der Waals surface area (Å²) in [6.45, 7) is -0.269. The summed E-state index contributed by atoms with van der Waals surface area (Å²) >= 11 is 0. The lowest BCUT2D eigenvalue weighted by molar-refractivity contribution is 0.00414. The normalized spacial score (nSPS) is 14.9. The Bertz CT molecular complexity index is 300. The van der Waals surface area contributed by atoms with Gasteiger partial charge in [-0.1, -0.05) is 24.3 Å². The van der Waals surface area contributed by atoms with Crippen molar-refractivity contribution >= 4 is 0 Å². The Labute approximate surface area is 88.4 Å². The van der Waals surface area contributed by atoms with Crippen LogP contribution in [0.15, 0.2) is 24.3 Å². The number of aliphatic hydroxyl groups excluding tert-OH is 4. The second kappa shape index (κ2) is 5.82. The van der Waals surface area contributed by atoms with E-state index in [1.165, 1.54) is 0 Å². The molecule has 0 aromatic heterocycles. The van der Waals surface area contributed by atoms with Gasteiger partial charge in [0.1, 0.15) is 6.10 Å². The monoisotopic (exact) mass is 212 g/mol. The molecule has 15 heavy (non-hydrogen) atoms. The van der Waals surface area contributed by atoms with E-state index in [9.17, 15) is 10.2 Å². The average molecular weight is 212 g/mol. The molecule has 2 atom stereocenters. The van der Waals surface area contributed by atoms with Crippen LogP contribution in [0.5, 0.6) is 0 Å². The van der Waals surface area contributed by atoms with Crippen molar-refractivity contribution in [2.75, 3.05) is 6.61 Å². The third-order valence-corrected chi connectivity index (χ3v) is 2.26. The fourth-order valence-electron chi connectivity index (χ4n) is 1.39. The van der Waals surface area contributed by atoms with Gasteiger partial charge < -0.3 is 20.4 Å². The highest BCUT2D eigenvalue weighted by Crippen LogP contribution is 2.19. The minimum atomic E-state index is -1.02. The second-order valence-electron chi connectivity index (χ2n) is 3.43. The van der Waals surface area contributed by atoms with E-state index in [-0.39, 0.29) is 19.6 Å². The zero-order chi connectivity index (χ0) is 11.3. The molecule has 0 saturated heterocycles. The summed E-state index contributed by atoms with van der Waals surface area (Å²) in [4.78, 5) is 0. The number of rotatable bonds is 5. The van der Waals surface area contributed by atoms with Gasteiger partial charge >= 0.3 is 0 Å². The van der Waals surface area contributed by atoms with Crippen molar-refractivity contribution in [1.82, 2.24) is 0 Å². The summed E-state index contributed by atoms with van der Waals surface area (Å²) in [5.74, 6) is 0. The number of benzene rings is 1. The molecule has 4 nitrogen and oxygen atoms in total. The second-order valence-corrected chi connectivity index (χ2v) is 3.43. The molecule has 4 heteroatoms. The van der Waals surface area contributed by atoms with Crippen molar-refractivity contribution in [3.05, 3.63) is 35.4 Å². The summed E-state index contributed by atoms with van der Waals surface area (Å²) in [7, 11) is 0. The lowest BCUT2D eigenvalue weighted by Gasteiger charge is -2.17. The van der Waals surface area contributed by atoms with Crippen LogP contribution < -0.4 is 0 Å². The highest BCUT2D eigenvalue weighted by atomic mass is 16.3. The van der Waals surface area contributed by atoms with Crippen LogP contribution in [-0.4, -0.2) is 33.1 Å². The Morgan fingerprint density at radius 1 is 1.13 bits per heavy atom. The van der Waals surface area contributed by atoms with Crippen LogP contribution in [0.3, 0.4) is 0 Å². The van der Waals surface area contributed by atoms with Crippen molar-refractivity contribution in [2.45, 2.75) is 25.2 Å². The number of hydrogen-bond acceptors (Lipinski definition) is 4. The quantitative estimate of drug-likeness (QED) is 0.552. The molecule has 0 aliphatic heterocycles. The van der Waals surface area contributed by atoms with Crippen LogP contribution in [0.25, 0.3) is 0 Å². The molecule has 0 radical (unpaired) electrons. The van der Waals surface area contributed by atoms with Gasteiger partial charge in [0.05, 0.1) is 12.7 Å². The molecule has 2 unspecified atom stereocenters. The predicted molar refractivity (Wildman–Crippen MR) is 55.0 cm³/mol. The van der Waals surface area contributed by atoms with Crippen molar-refractivity contribution in [3.63, 3.8) is 0 Å². The maximum absolute atomic E-state index is 9.70. The average Bonchev–Trinajstić information content (AvgIpc) is 2.28. The Hall–Kier alpha value is -0.940. The SMILES string of the molecule is OCCC(O)C(O)c1cccc(CO)c1. The topological polar surface area (TPSA) is 80.9 Å².